The fraction of sp³-hybridized carbons (Fsp3) is 1.00. The molecule has 0 rings (SSSR count). The molecule has 0 spiro atoms. The zero-order chi connectivity index (χ0) is 4.50. The van der Waals surface area contributed by atoms with Gasteiger partial charge in [0.15, 0.2) is 0 Å². The Hall–Kier alpha value is 0.0700. The van der Waals surface area contributed by atoms with Crippen LogP contribution in [0.3, 0.4) is 0 Å². The smallest absolute Gasteiger partial charge is 0.322 e. The van der Waals surface area contributed by atoms with Crippen molar-refractivity contribution in [3.05, 3.63) is 0 Å². The van der Waals surface area contributed by atoms with E-state index in [-0.39, 0.29) is 12.3 Å². The highest BCUT2D eigenvalue weighted by molar-refractivity contribution is 7.50. The van der Waals surface area contributed by atoms with E-state index in [4.69, 9.17) is 9.79 Å². The van der Waals surface area contributed by atoms with Gasteiger partial charge < -0.3 is 22.1 Å². The third-order valence-corrected chi connectivity index (χ3v) is 0. The quantitative estimate of drug-likeness (QED) is 0.346. The van der Waals surface area contributed by atoms with Crippen molar-refractivity contribution < 1.29 is 14.4 Å². The molecule has 48 valence electrons. The second-order valence-corrected chi connectivity index (χ2v) is 2.51. The average molecular weight is 130 g/mol. The zero-order valence-corrected chi connectivity index (χ0v) is 5.06. The van der Waals surface area contributed by atoms with E-state index in [2.05, 4.69) is 0 Å². The molecule has 8 N–H and O–H groups in total. The molecule has 0 aromatic rings. The summed E-state index contributed by atoms with van der Waals surface area (Å²) in [5.41, 5.74) is 0. The molecular weight excluding hydrogens is 119 g/mol. The molecule has 0 aromatic carbocycles. The van der Waals surface area contributed by atoms with Gasteiger partial charge >= 0.3 is 7.60 Å². The maximum atomic E-state index is 9.33. The minimum atomic E-state index is -3.64. The zero-order valence-electron chi connectivity index (χ0n) is 4.16. The molecule has 0 saturated carbocycles. The standard InChI is InChI=1S/CH5O3P.2H3N/c1-5(2,3)4;;/h1H3,(H2,2,3,4);2*1H3. The van der Waals surface area contributed by atoms with Crippen LogP contribution in [0.1, 0.15) is 0 Å². The monoisotopic (exact) mass is 130 g/mol. The first-order valence-electron chi connectivity index (χ1n) is 1.03. The molecular formula is CH11N2O3P. The van der Waals surface area contributed by atoms with E-state index in [0.717, 1.165) is 6.66 Å². The molecule has 0 fully saturated rings. The SMILES string of the molecule is CP(=O)(O)O.N.N. The highest BCUT2D eigenvalue weighted by Gasteiger charge is 1.95. The van der Waals surface area contributed by atoms with Crippen molar-refractivity contribution in [1.29, 1.82) is 0 Å². The summed E-state index contributed by atoms with van der Waals surface area (Å²) in [4.78, 5) is 15.3. The van der Waals surface area contributed by atoms with Crippen molar-refractivity contribution in [2.75, 3.05) is 6.66 Å². The molecule has 0 aliphatic carbocycles. The summed E-state index contributed by atoms with van der Waals surface area (Å²) in [7, 11) is -3.64. The van der Waals surface area contributed by atoms with Crippen LogP contribution in [0.15, 0.2) is 0 Å². The van der Waals surface area contributed by atoms with Gasteiger partial charge in [-0.15, -0.1) is 0 Å². The summed E-state index contributed by atoms with van der Waals surface area (Å²) in [5, 5.41) is 0. The average Bonchev–Trinajstić information content (AvgIpc) is 0.722. The van der Waals surface area contributed by atoms with Crippen molar-refractivity contribution in [2.24, 2.45) is 0 Å². The van der Waals surface area contributed by atoms with Crippen LogP contribution in [0.5, 0.6) is 0 Å². The minimum absolute atomic E-state index is 0. The Morgan fingerprint density at radius 3 is 1.29 bits per heavy atom. The molecule has 7 heavy (non-hydrogen) atoms. The molecule has 0 amide bonds. The molecule has 0 atom stereocenters. The Morgan fingerprint density at radius 1 is 1.29 bits per heavy atom. The summed E-state index contributed by atoms with van der Waals surface area (Å²) in [6.07, 6.45) is 0. The van der Waals surface area contributed by atoms with E-state index in [1.807, 2.05) is 0 Å². The van der Waals surface area contributed by atoms with Gasteiger partial charge in [-0.25, -0.2) is 0 Å². The molecule has 5 nitrogen and oxygen atoms in total. The molecule has 0 unspecified atom stereocenters. The second-order valence-electron chi connectivity index (χ2n) is 0.835. The van der Waals surface area contributed by atoms with E-state index >= 15 is 0 Å². The van der Waals surface area contributed by atoms with Gasteiger partial charge in [0.2, 0.25) is 0 Å². The van der Waals surface area contributed by atoms with Crippen LogP contribution in [0.2, 0.25) is 0 Å². The van der Waals surface area contributed by atoms with Gasteiger partial charge in [0.05, 0.1) is 0 Å². The lowest BCUT2D eigenvalue weighted by Gasteiger charge is -1.84. The first-order valence-corrected chi connectivity index (χ1v) is 3.09. The van der Waals surface area contributed by atoms with Crippen LogP contribution in [-0.4, -0.2) is 16.5 Å². The molecule has 0 aliphatic heterocycles. The van der Waals surface area contributed by atoms with Crippen LogP contribution < -0.4 is 12.3 Å². The summed E-state index contributed by atoms with van der Waals surface area (Å²) in [6.45, 7) is 0.854. The molecule has 0 radical (unpaired) electrons. The van der Waals surface area contributed by atoms with Crippen molar-refractivity contribution in [3.63, 3.8) is 0 Å². The van der Waals surface area contributed by atoms with Crippen molar-refractivity contribution >= 4 is 7.60 Å². The topological polar surface area (TPSA) is 128 Å². The summed E-state index contributed by atoms with van der Waals surface area (Å²) >= 11 is 0. The predicted molar refractivity (Wildman–Crippen MR) is 28.0 cm³/mol. The first kappa shape index (κ1) is 15.7. The summed E-state index contributed by atoms with van der Waals surface area (Å²) in [5.74, 6) is 0. The van der Waals surface area contributed by atoms with Crippen molar-refractivity contribution in [3.8, 4) is 0 Å². The van der Waals surface area contributed by atoms with Crippen LogP contribution in [-0.2, 0) is 4.57 Å². The molecule has 6 heteroatoms. The lowest BCUT2D eigenvalue weighted by atomic mass is 12.0. The largest absolute Gasteiger partial charge is 0.344 e. The van der Waals surface area contributed by atoms with Gasteiger partial charge in [-0.05, 0) is 0 Å². The number of hydrogen-bond donors (Lipinski definition) is 4. The molecule has 0 saturated heterocycles. The lowest BCUT2D eigenvalue weighted by molar-refractivity contribution is 0.381. The van der Waals surface area contributed by atoms with E-state index in [1.165, 1.54) is 0 Å². The highest BCUT2D eigenvalue weighted by atomic mass is 31.2. The van der Waals surface area contributed by atoms with E-state index < -0.39 is 7.60 Å². The second kappa shape index (κ2) is 4.23. The normalized spacial score (nSPS) is 8.43. The van der Waals surface area contributed by atoms with Gasteiger partial charge in [0.25, 0.3) is 0 Å². The van der Waals surface area contributed by atoms with E-state index in [0.29, 0.717) is 0 Å². The third-order valence-electron chi connectivity index (χ3n) is 0. The molecule has 0 heterocycles. The fourth-order valence-electron chi connectivity index (χ4n) is 0. The van der Waals surface area contributed by atoms with E-state index in [9.17, 15) is 4.57 Å². The first-order chi connectivity index (χ1) is 2.00. The third kappa shape index (κ3) is 20500. The van der Waals surface area contributed by atoms with Crippen molar-refractivity contribution in [1.82, 2.24) is 12.3 Å². The fourth-order valence-corrected chi connectivity index (χ4v) is 0. The summed E-state index contributed by atoms with van der Waals surface area (Å²) in [6, 6.07) is 0. The van der Waals surface area contributed by atoms with Crippen LogP contribution in [0.4, 0.5) is 0 Å². The highest BCUT2D eigenvalue weighted by Crippen LogP contribution is 2.26. The van der Waals surface area contributed by atoms with Gasteiger partial charge in [-0.3, -0.25) is 4.57 Å². The lowest BCUT2D eigenvalue weighted by Crippen LogP contribution is -1.64. The maximum Gasteiger partial charge on any atom is 0.322 e. The van der Waals surface area contributed by atoms with Gasteiger partial charge in [-0.2, -0.15) is 0 Å². The van der Waals surface area contributed by atoms with Crippen LogP contribution in [0.25, 0.3) is 0 Å². The Labute approximate surface area is 42.1 Å². The van der Waals surface area contributed by atoms with Crippen molar-refractivity contribution in [2.45, 2.75) is 0 Å². The molecule has 0 bridgehead atoms. The number of hydrogen-bond acceptors (Lipinski definition) is 3. The molecule has 0 aromatic heterocycles. The minimum Gasteiger partial charge on any atom is -0.344 e. The maximum absolute atomic E-state index is 9.33. The van der Waals surface area contributed by atoms with Gasteiger partial charge in [0, 0.05) is 6.66 Å². The van der Waals surface area contributed by atoms with E-state index in [1.54, 1.807) is 0 Å². The Kier molecular flexibility index (Phi) is 9.51. The molecule has 0 aliphatic rings. The van der Waals surface area contributed by atoms with Gasteiger partial charge in [0.1, 0.15) is 0 Å². The van der Waals surface area contributed by atoms with Crippen LogP contribution >= 0.6 is 7.60 Å². The van der Waals surface area contributed by atoms with Gasteiger partial charge in [-0.1, -0.05) is 0 Å². The number of rotatable bonds is 0. The summed E-state index contributed by atoms with van der Waals surface area (Å²) < 4.78 is 9.33. The predicted octanol–water partition coefficient (Wildman–Crippen LogP) is 0.118. The Morgan fingerprint density at radius 2 is 1.29 bits per heavy atom. The van der Waals surface area contributed by atoms with Crippen LogP contribution in [0, 0.1) is 0 Å². The Balaban J connectivity index is -0.0000000800. The Bertz CT molecular complexity index is 59.1.